The monoisotopic (exact) mass is 293 g/mol. The lowest BCUT2D eigenvalue weighted by Gasteiger charge is -2.13. The Kier molecular flexibility index (Phi) is 4.00. The number of hydrogen-bond acceptors (Lipinski definition) is 5. The standard InChI is InChI=1S/C14H16ClN3O2/c1-2-16-12-8-19-7-11(12)14-17-13(18-20-14)9-3-5-10(15)6-4-9/h3-6,11-12,16H,2,7-8H2,1H3. The van der Waals surface area contributed by atoms with Gasteiger partial charge in [-0.15, -0.1) is 0 Å². The molecule has 0 spiro atoms. The molecule has 0 saturated carbocycles. The Morgan fingerprint density at radius 3 is 2.85 bits per heavy atom. The maximum absolute atomic E-state index is 5.87. The van der Waals surface area contributed by atoms with Crippen molar-refractivity contribution < 1.29 is 9.26 Å². The van der Waals surface area contributed by atoms with Crippen molar-refractivity contribution in [2.45, 2.75) is 18.9 Å². The third-order valence-corrected chi connectivity index (χ3v) is 3.66. The van der Waals surface area contributed by atoms with Gasteiger partial charge in [0, 0.05) is 16.6 Å². The minimum Gasteiger partial charge on any atom is -0.379 e. The lowest BCUT2D eigenvalue weighted by Crippen LogP contribution is -2.34. The van der Waals surface area contributed by atoms with Crippen LogP contribution in [0.2, 0.25) is 5.02 Å². The van der Waals surface area contributed by atoms with Crippen molar-refractivity contribution in [2.24, 2.45) is 0 Å². The molecule has 0 radical (unpaired) electrons. The number of aromatic nitrogens is 2. The van der Waals surface area contributed by atoms with Crippen LogP contribution in [0.25, 0.3) is 11.4 Å². The first-order chi connectivity index (χ1) is 9.78. The summed E-state index contributed by atoms with van der Waals surface area (Å²) in [4.78, 5) is 4.48. The highest BCUT2D eigenvalue weighted by atomic mass is 35.5. The molecule has 0 bridgehead atoms. The molecule has 1 aromatic heterocycles. The third-order valence-electron chi connectivity index (χ3n) is 3.41. The quantitative estimate of drug-likeness (QED) is 0.938. The molecule has 106 valence electrons. The molecule has 2 aromatic rings. The molecule has 20 heavy (non-hydrogen) atoms. The molecule has 1 N–H and O–H groups in total. The summed E-state index contributed by atoms with van der Waals surface area (Å²) in [5.41, 5.74) is 0.892. The Bertz CT molecular complexity index is 570. The second-order valence-corrected chi connectivity index (χ2v) is 5.21. The largest absolute Gasteiger partial charge is 0.379 e. The van der Waals surface area contributed by atoms with Gasteiger partial charge in [-0.3, -0.25) is 0 Å². The molecule has 1 aliphatic rings. The lowest BCUT2D eigenvalue weighted by atomic mass is 10.0. The number of likely N-dealkylation sites (N-methyl/N-ethyl adjacent to an activating group) is 1. The van der Waals surface area contributed by atoms with Crippen molar-refractivity contribution in [1.82, 2.24) is 15.5 Å². The van der Waals surface area contributed by atoms with Crippen LogP contribution in [-0.2, 0) is 4.74 Å². The van der Waals surface area contributed by atoms with E-state index in [1.807, 2.05) is 24.3 Å². The summed E-state index contributed by atoms with van der Waals surface area (Å²) in [6.07, 6.45) is 0. The van der Waals surface area contributed by atoms with E-state index < -0.39 is 0 Å². The summed E-state index contributed by atoms with van der Waals surface area (Å²) < 4.78 is 10.9. The zero-order chi connectivity index (χ0) is 13.9. The number of nitrogens with zero attached hydrogens (tertiary/aromatic N) is 2. The summed E-state index contributed by atoms with van der Waals surface area (Å²) in [6.45, 7) is 4.25. The molecule has 3 rings (SSSR count). The van der Waals surface area contributed by atoms with Gasteiger partial charge in [-0.1, -0.05) is 23.7 Å². The van der Waals surface area contributed by atoms with Crippen molar-refractivity contribution in [1.29, 1.82) is 0 Å². The lowest BCUT2D eigenvalue weighted by molar-refractivity contribution is 0.185. The number of halogens is 1. The fourth-order valence-corrected chi connectivity index (χ4v) is 2.49. The van der Waals surface area contributed by atoms with E-state index in [2.05, 4.69) is 22.4 Å². The zero-order valence-corrected chi connectivity index (χ0v) is 11.9. The topological polar surface area (TPSA) is 60.2 Å². The molecule has 1 aromatic carbocycles. The number of ether oxygens (including phenoxy) is 1. The molecular formula is C14H16ClN3O2. The van der Waals surface area contributed by atoms with E-state index in [-0.39, 0.29) is 12.0 Å². The zero-order valence-electron chi connectivity index (χ0n) is 11.2. The number of rotatable bonds is 4. The number of hydrogen-bond donors (Lipinski definition) is 1. The Morgan fingerprint density at radius 1 is 1.30 bits per heavy atom. The summed E-state index contributed by atoms with van der Waals surface area (Å²) in [6, 6.07) is 7.62. The smallest absolute Gasteiger partial charge is 0.234 e. The van der Waals surface area contributed by atoms with Gasteiger partial charge in [0.05, 0.1) is 19.1 Å². The average molecular weight is 294 g/mol. The van der Waals surface area contributed by atoms with E-state index >= 15 is 0 Å². The van der Waals surface area contributed by atoms with Crippen LogP contribution in [0.4, 0.5) is 0 Å². The molecular weight excluding hydrogens is 278 g/mol. The van der Waals surface area contributed by atoms with Gasteiger partial charge in [0.25, 0.3) is 0 Å². The Morgan fingerprint density at radius 2 is 2.10 bits per heavy atom. The van der Waals surface area contributed by atoms with Crippen molar-refractivity contribution in [3.8, 4) is 11.4 Å². The fourth-order valence-electron chi connectivity index (χ4n) is 2.36. The molecule has 0 aliphatic carbocycles. The van der Waals surface area contributed by atoms with Gasteiger partial charge < -0.3 is 14.6 Å². The van der Waals surface area contributed by atoms with Gasteiger partial charge >= 0.3 is 0 Å². The minimum absolute atomic E-state index is 0.114. The Hall–Kier alpha value is -1.43. The third kappa shape index (κ3) is 2.70. The van der Waals surface area contributed by atoms with Crippen LogP contribution in [0.1, 0.15) is 18.7 Å². The molecule has 0 amide bonds. The van der Waals surface area contributed by atoms with Crippen molar-refractivity contribution in [3.05, 3.63) is 35.2 Å². The first kappa shape index (κ1) is 13.5. The molecule has 2 atom stereocenters. The second-order valence-electron chi connectivity index (χ2n) is 4.77. The summed E-state index contributed by atoms with van der Waals surface area (Å²) in [5, 5.41) is 8.11. The molecule has 1 fully saturated rings. The van der Waals surface area contributed by atoms with Crippen LogP contribution in [0.15, 0.2) is 28.8 Å². The maximum Gasteiger partial charge on any atom is 0.234 e. The predicted molar refractivity (Wildman–Crippen MR) is 75.8 cm³/mol. The van der Waals surface area contributed by atoms with Crippen LogP contribution in [0, 0.1) is 0 Å². The molecule has 2 heterocycles. The second kappa shape index (κ2) is 5.91. The molecule has 1 saturated heterocycles. The fraction of sp³-hybridized carbons (Fsp3) is 0.429. The van der Waals surface area contributed by atoms with Crippen molar-refractivity contribution in [3.63, 3.8) is 0 Å². The first-order valence-electron chi connectivity index (χ1n) is 6.68. The first-order valence-corrected chi connectivity index (χ1v) is 7.06. The van der Waals surface area contributed by atoms with Crippen LogP contribution < -0.4 is 5.32 Å². The summed E-state index contributed by atoms with van der Waals surface area (Å²) >= 11 is 5.87. The van der Waals surface area contributed by atoms with E-state index in [0.29, 0.717) is 30.0 Å². The van der Waals surface area contributed by atoms with Gasteiger partial charge in [-0.05, 0) is 30.8 Å². The van der Waals surface area contributed by atoms with E-state index in [1.165, 1.54) is 0 Å². The van der Waals surface area contributed by atoms with Crippen molar-refractivity contribution in [2.75, 3.05) is 19.8 Å². The molecule has 2 unspecified atom stereocenters. The maximum atomic E-state index is 5.87. The van der Waals surface area contributed by atoms with Gasteiger partial charge in [-0.25, -0.2) is 0 Å². The normalized spacial score (nSPS) is 22.3. The van der Waals surface area contributed by atoms with E-state index in [9.17, 15) is 0 Å². The SMILES string of the molecule is CCNC1COCC1c1nc(-c2ccc(Cl)cc2)no1. The Labute approximate surface area is 122 Å². The van der Waals surface area contributed by atoms with Crippen molar-refractivity contribution >= 4 is 11.6 Å². The average Bonchev–Trinajstić information content (AvgIpc) is 3.08. The van der Waals surface area contributed by atoms with Gasteiger partial charge in [0.1, 0.15) is 0 Å². The highest BCUT2D eigenvalue weighted by Crippen LogP contribution is 2.27. The summed E-state index contributed by atoms with van der Waals surface area (Å²) in [5.74, 6) is 1.32. The molecule has 1 aliphatic heterocycles. The summed E-state index contributed by atoms with van der Waals surface area (Å²) in [7, 11) is 0. The highest BCUT2D eigenvalue weighted by Gasteiger charge is 2.33. The predicted octanol–water partition coefficient (Wildman–Crippen LogP) is 2.48. The van der Waals surface area contributed by atoms with Gasteiger partial charge in [-0.2, -0.15) is 4.98 Å². The van der Waals surface area contributed by atoms with E-state index in [4.69, 9.17) is 20.9 Å². The van der Waals surface area contributed by atoms with Gasteiger partial charge in [0.2, 0.25) is 11.7 Å². The number of nitrogens with one attached hydrogen (secondary N) is 1. The van der Waals surface area contributed by atoms with Gasteiger partial charge in [0.15, 0.2) is 0 Å². The Balaban J connectivity index is 1.81. The van der Waals surface area contributed by atoms with Crippen LogP contribution >= 0.6 is 11.6 Å². The minimum atomic E-state index is 0.114. The van der Waals surface area contributed by atoms with E-state index in [0.717, 1.165) is 12.1 Å². The molecule has 6 heteroatoms. The number of benzene rings is 1. The van der Waals surface area contributed by atoms with Crippen LogP contribution in [-0.4, -0.2) is 35.9 Å². The molecule has 5 nitrogen and oxygen atoms in total. The van der Waals surface area contributed by atoms with Crippen LogP contribution in [0.5, 0.6) is 0 Å². The van der Waals surface area contributed by atoms with E-state index in [1.54, 1.807) is 0 Å². The highest BCUT2D eigenvalue weighted by molar-refractivity contribution is 6.30. The van der Waals surface area contributed by atoms with Crippen LogP contribution in [0.3, 0.4) is 0 Å².